The number of nitrogens with one attached hydrogen (secondary N) is 1. The van der Waals surface area contributed by atoms with E-state index in [1.54, 1.807) is 0 Å². The van der Waals surface area contributed by atoms with Crippen molar-refractivity contribution in [1.82, 2.24) is 19.8 Å². The molecular formula is C46H54N4O3. The Morgan fingerprint density at radius 1 is 0.887 bits per heavy atom. The highest BCUT2D eigenvalue weighted by Gasteiger charge is 2.47. The lowest BCUT2D eigenvalue weighted by Gasteiger charge is -2.33. The van der Waals surface area contributed by atoms with Crippen molar-refractivity contribution >= 4 is 22.9 Å². The maximum atomic E-state index is 14.2. The molecule has 1 atom stereocenters. The highest BCUT2D eigenvalue weighted by atomic mass is 16.6. The van der Waals surface area contributed by atoms with E-state index in [1.165, 1.54) is 16.7 Å². The summed E-state index contributed by atoms with van der Waals surface area (Å²) < 4.78 is 5.95. The van der Waals surface area contributed by atoms with Crippen molar-refractivity contribution in [3.05, 3.63) is 125 Å². The van der Waals surface area contributed by atoms with Crippen LogP contribution in [0.3, 0.4) is 0 Å². The molecule has 1 unspecified atom stereocenters. The molecule has 7 nitrogen and oxygen atoms in total. The second-order valence-electron chi connectivity index (χ2n) is 16.1. The molecule has 7 rings (SSSR count). The largest absolute Gasteiger partial charge is 0.445 e. The Morgan fingerprint density at radius 3 is 2.25 bits per heavy atom. The first-order valence-electron chi connectivity index (χ1n) is 19.5. The predicted octanol–water partition coefficient (Wildman–Crippen LogP) is 10.0. The monoisotopic (exact) mass is 710 g/mol. The third-order valence-electron chi connectivity index (χ3n) is 11.6. The zero-order chi connectivity index (χ0) is 37.1. The third kappa shape index (κ3) is 7.90. The lowest BCUT2D eigenvalue weighted by molar-refractivity contribution is -0.137. The number of hydrogen-bond acceptors (Lipinski definition) is 4. The Labute approximate surface area is 314 Å². The second kappa shape index (κ2) is 15.6. The van der Waals surface area contributed by atoms with Gasteiger partial charge >= 0.3 is 6.09 Å². The predicted molar refractivity (Wildman–Crippen MR) is 213 cm³/mol. The van der Waals surface area contributed by atoms with Gasteiger partial charge in [0, 0.05) is 54.4 Å². The lowest BCUT2D eigenvalue weighted by atomic mass is 9.81. The van der Waals surface area contributed by atoms with Crippen molar-refractivity contribution in [2.24, 2.45) is 0 Å². The Bertz CT molecular complexity index is 2010. The fourth-order valence-corrected chi connectivity index (χ4v) is 8.82. The fourth-order valence-electron chi connectivity index (χ4n) is 8.82. The van der Waals surface area contributed by atoms with Gasteiger partial charge in [-0.3, -0.25) is 9.78 Å². The minimum Gasteiger partial charge on any atom is -0.445 e. The van der Waals surface area contributed by atoms with E-state index in [-0.39, 0.29) is 24.5 Å². The second-order valence-corrected chi connectivity index (χ2v) is 16.1. The molecule has 276 valence electrons. The van der Waals surface area contributed by atoms with Gasteiger partial charge in [-0.2, -0.15) is 0 Å². The molecule has 0 saturated carbocycles. The Kier molecular flexibility index (Phi) is 10.7. The molecule has 2 aromatic heterocycles. The molecule has 1 N–H and O–H groups in total. The van der Waals surface area contributed by atoms with Gasteiger partial charge in [0.1, 0.15) is 6.61 Å². The first-order valence-corrected chi connectivity index (χ1v) is 19.5. The van der Waals surface area contributed by atoms with Crippen LogP contribution in [0.5, 0.6) is 0 Å². The zero-order valence-electron chi connectivity index (χ0n) is 32.0. The van der Waals surface area contributed by atoms with Crippen LogP contribution in [0.4, 0.5) is 4.79 Å². The Morgan fingerprint density at radius 2 is 1.57 bits per heavy atom. The first kappa shape index (κ1) is 36.4. The van der Waals surface area contributed by atoms with Crippen LogP contribution in [0.15, 0.2) is 91.3 Å². The Balaban J connectivity index is 1.21. The van der Waals surface area contributed by atoms with Gasteiger partial charge in [-0.1, -0.05) is 60.5 Å². The molecule has 2 saturated heterocycles. The van der Waals surface area contributed by atoms with Crippen LogP contribution >= 0.6 is 0 Å². The summed E-state index contributed by atoms with van der Waals surface area (Å²) in [5.41, 5.74) is 9.35. The van der Waals surface area contributed by atoms with E-state index in [0.29, 0.717) is 25.2 Å². The number of pyridine rings is 1. The number of carbonyl (C=O) groups is 2. The molecule has 2 aliphatic heterocycles. The van der Waals surface area contributed by atoms with Crippen molar-refractivity contribution in [3.63, 3.8) is 0 Å². The van der Waals surface area contributed by atoms with Gasteiger partial charge in [-0.15, -0.1) is 0 Å². The van der Waals surface area contributed by atoms with Gasteiger partial charge in [0.05, 0.1) is 11.1 Å². The summed E-state index contributed by atoms with van der Waals surface area (Å²) >= 11 is 0. The third-order valence-corrected chi connectivity index (χ3v) is 11.6. The minimum absolute atomic E-state index is 0.0347. The quantitative estimate of drug-likeness (QED) is 0.123. The van der Waals surface area contributed by atoms with E-state index in [0.717, 1.165) is 83.8 Å². The number of carbonyl (C=O) groups excluding carboxylic acids is 2. The molecule has 7 heteroatoms. The van der Waals surface area contributed by atoms with Crippen molar-refractivity contribution in [2.45, 2.75) is 110 Å². The summed E-state index contributed by atoms with van der Waals surface area (Å²) in [7, 11) is 0. The molecule has 0 spiro atoms. The van der Waals surface area contributed by atoms with Crippen LogP contribution in [0, 0.1) is 13.8 Å². The van der Waals surface area contributed by atoms with Crippen molar-refractivity contribution in [3.8, 4) is 11.3 Å². The van der Waals surface area contributed by atoms with Gasteiger partial charge in [0.2, 0.25) is 5.91 Å². The van der Waals surface area contributed by atoms with Crippen molar-refractivity contribution in [1.29, 1.82) is 0 Å². The summed E-state index contributed by atoms with van der Waals surface area (Å²) in [5.74, 6) is 0.202. The molecule has 3 aromatic carbocycles. The maximum absolute atomic E-state index is 14.2. The van der Waals surface area contributed by atoms with E-state index in [1.807, 2.05) is 47.6 Å². The normalized spacial score (nSPS) is 17.3. The number of rotatable bonds is 13. The van der Waals surface area contributed by atoms with Crippen molar-refractivity contribution < 1.29 is 14.3 Å². The molecule has 0 radical (unpaired) electrons. The molecule has 2 amide bonds. The molecule has 4 heterocycles. The summed E-state index contributed by atoms with van der Waals surface area (Å²) in [5, 5.41) is 1.10. The summed E-state index contributed by atoms with van der Waals surface area (Å²) in [6, 6.07) is 27.9. The number of aromatic nitrogens is 2. The highest BCUT2D eigenvalue weighted by Crippen LogP contribution is 2.43. The number of aryl methyl sites for hydroxylation is 3. The minimum atomic E-state index is -0.667. The molecule has 2 bridgehead atoms. The van der Waals surface area contributed by atoms with E-state index in [2.05, 4.69) is 98.0 Å². The number of fused-ring (bicyclic) bond motifs is 3. The smallest absolute Gasteiger partial charge is 0.410 e. The van der Waals surface area contributed by atoms with Crippen molar-refractivity contribution in [2.75, 3.05) is 13.1 Å². The van der Waals surface area contributed by atoms with E-state index >= 15 is 0 Å². The van der Waals surface area contributed by atoms with Crippen LogP contribution in [-0.4, -0.2) is 56.9 Å². The Hall–Kier alpha value is -4.91. The maximum Gasteiger partial charge on any atom is 0.410 e. The number of amides is 2. The van der Waals surface area contributed by atoms with E-state index in [9.17, 15) is 9.59 Å². The average molecular weight is 711 g/mol. The van der Waals surface area contributed by atoms with Gasteiger partial charge in [-0.05, 0) is 137 Å². The highest BCUT2D eigenvalue weighted by molar-refractivity contribution is 5.95. The lowest BCUT2D eigenvalue weighted by Crippen LogP contribution is -2.45. The zero-order valence-corrected chi connectivity index (χ0v) is 32.0. The molecular weight excluding hydrogens is 657 g/mol. The summed E-state index contributed by atoms with van der Waals surface area (Å²) in [6.45, 7) is 12.0. The van der Waals surface area contributed by atoms with Gasteiger partial charge in [-0.25, -0.2) is 4.79 Å². The van der Waals surface area contributed by atoms with Gasteiger partial charge in [0.15, 0.2) is 0 Å². The standard InChI is InChI=1S/C46H54N4O3/c1-31-25-32(2)27-36(26-31)43-42(40-28-37(14-19-41(40)48-43)46(4,5)44(51)50-38-15-16-39(50)18-17-38)33(3)29-49(24-10-9-11-34-20-22-47-23-21-34)45(52)53-30-35-12-7-6-8-13-35/h6-8,12-14,19-23,25-28,33,38-39,48H,9-11,15-18,24,29-30H2,1-5H3. The van der Waals surface area contributed by atoms with Gasteiger partial charge in [0.25, 0.3) is 0 Å². The van der Waals surface area contributed by atoms with Crippen LogP contribution in [-0.2, 0) is 28.0 Å². The molecule has 0 aliphatic carbocycles. The SMILES string of the molecule is Cc1cc(C)cc(-c2[nH]c3ccc(C(C)(C)C(=O)N4C5CCC4CC5)cc3c2C(C)CN(CCCCc2ccncc2)C(=O)OCc2ccccc2)c1. The average Bonchev–Trinajstić information content (AvgIpc) is 3.88. The first-order chi connectivity index (χ1) is 25.6. The number of ether oxygens (including phenoxy) is 1. The van der Waals surface area contributed by atoms with Crippen LogP contribution in [0.1, 0.15) is 98.6 Å². The number of nitrogens with zero attached hydrogens (tertiary/aromatic N) is 3. The fraction of sp³-hybridized carbons (Fsp3) is 0.413. The number of unbranched alkanes of at least 4 members (excludes halogenated alkanes) is 1. The topological polar surface area (TPSA) is 78.5 Å². The van der Waals surface area contributed by atoms with E-state index in [4.69, 9.17) is 4.74 Å². The van der Waals surface area contributed by atoms with Gasteiger partial charge < -0.3 is 19.5 Å². The van der Waals surface area contributed by atoms with Crippen LogP contribution in [0.2, 0.25) is 0 Å². The molecule has 5 aromatic rings. The number of hydrogen-bond donors (Lipinski definition) is 1. The number of H-pyrrole nitrogens is 1. The van der Waals surface area contributed by atoms with E-state index < -0.39 is 5.41 Å². The molecule has 2 aliphatic rings. The number of aromatic amines is 1. The molecule has 2 fully saturated rings. The van der Waals surface area contributed by atoms with Crippen LogP contribution < -0.4 is 0 Å². The number of benzene rings is 3. The summed E-state index contributed by atoms with van der Waals surface area (Å²) in [6.07, 6.45) is 10.6. The molecule has 53 heavy (non-hydrogen) atoms. The summed E-state index contributed by atoms with van der Waals surface area (Å²) in [4.78, 5) is 40.2. The van der Waals surface area contributed by atoms with Crippen LogP contribution in [0.25, 0.3) is 22.2 Å².